The summed E-state index contributed by atoms with van der Waals surface area (Å²) in [7, 11) is 0. The van der Waals surface area contributed by atoms with Gasteiger partial charge in [-0.25, -0.2) is 9.97 Å². The van der Waals surface area contributed by atoms with E-state index in [2.05, 4.69) is 15.3 Å². The number of rotatable bonds is 6. The predicted molar refractivity (Wildman–Crippen MR) is 83.5 cm³/mol. The minimum atomic E-state index is -4.50. The van der Waals surface area contributed by atoms with Crippen LogP contribution in [0.5, 0.6) is 0 Å². The lowest BCUT2D eigenvalue weighted by atomic mass is 10.2. The van der Waals surface area contributed by atoms with Crippen molar-refractivity contribution in [2.45, 2.75) is 31.4 Å². The Morgan fingerprint density at radius 1 is 1.36 bits per heavy atom. The quantitative estimate of drug-likeness (QED) is 0.811. The van der Waals surface area contributed by atoms with Gasteiger partial charge in [0.25, 0.3) is 0 Å². The van der Waals surface area contributed by atoms with Crippen LogP contribution in [0, 0.1) is 0 Å². The largest absolute Gasteiger partial charge is 0.465 e. The van der Waals surface area contributed by atoms with Crippen LogP contribution in [-0.4, -0.2) is 22.4 Å². The molecule has 1 aliphatic rings. The highest BCUT2D eigenvalue weighted by atomic mass is 19.4. The first-order valence-corrected chi connectivity index (χ1v) is 7.86. The van der Waals surface area contributed by atoms with Gasteiger partial charge in [0.15, 0.2) is 0 Å². The fourth-order valence-electron chi connectivity index (χ4n) is 2.26. The number of carbonyl (C=O) groups is 1. The van der Waals surface area contributed by atoms with E-state index >= 15 is 0 Å². The fraction of sp³-hybridized carbons (Fsp3) is 0.353. The molecule has 2 aromatic rings. The number of carbonyl (C=O) groups excluding carboxylic acids is 1. The zero-order valence-electron chi connectivity index (χ0n) is 13.2. The summed E-state index contributed by atoms with van der Waals surface area (Å²) in [6.45, 7) is 0.146. The average Bonchev–Trinajstić information content (AvgIpc) is 3.28. The van der Waals surface area contributed by atoms with Crippen LogP contribution in [0.3, 0.4) is 0 Å². The van der Waals surface area contributed by atoms with Crippen LogP contribution in [0.2, 0.25) is 0 Å². The van der Waals surface area contributed by atoms with E-state index in [0.29, 0.717) is 11.5 Å². The number of alkyl halides is 3. The van der Waals surface area contributed by atoms with E-state index in [4.69, 9.17) is 4.42 Å². The van der Waals surface area contributed by atoms with Gasteiger partial charge in [-0.1, -0.05) is 0 Å². The van der Waals surface area contributed by atoms with Crippen LogP contribution in [-0.2, 0) is 17.4 Å². The molecule has 0 saturated heterocycles. The van der Waals surface area contributed by atoms with Gasteiger partial charge in [0, 0.05) is 30.7 Å². The highest BCUT2D eigenvalue weighted by molar-refractivity contribution is 5.91. The fourth-order valence-corrected chi connectivity index (χ4v) is 2.26. The predicted octanol–water partition coefficient (Wildman–Crippen LogP) is 3.34. The van der Waals surface area contributed by atoms with Crippen molar-refractivity contribution in [2.75, 3.05) is 6.54 Å². The van der Waals surface area contributed by atoms with Crippen LogP contribution in [0.15, 0.2) is 35.0 Å². The number of nitrogens with zero attached hydrogens (tertiary/aromatic N) is 2. The van der Waals surface area contributed by atoms with Crippen LogP contribution >= 0.6 is 0 Å². The normalized spacial score (nSPS) is 14.8. The highest BCUT2D eigenvalue weighted by Crippen LogP contribution is 2.40. The Kier molecular flexibility index (Phi) is 4.87. The first kappa shape index (κ1) is 17.2. The van der Waals surface area contributed by atoms with E-state index in [1.54, 1.807) is 12.1 Å². The van der Waals surface area contributed by atoms with Crippen molar-refractivity contribution in [3.8, 4) is 0 Å². The molecule has 3 rings (SSSR count). The topological polar surface area (TPSA) is 68.0 Å². The zero-order chi connectivity index (χ0) is 17.9. The minimum absolute atomic E-state index is 0.0899. The number of halogens is 3. The second-order valence-electron chi connectivity index (χ2n) is 5.76. The van der Waals surface area contributed by atoms with E-state index < -0.39 is 11.9 Å². The summed E-state index contributed by atoms with van der Waals surface area (Å²) in [6.07, 6.45) is 1.60. The lowest BCUT2D eigenvalue weighted by Crippen LogP contribution is -2.24. The smallest absolute Gasteiger partial charge is 0.433 e. The Labute approximate surface area is 142 Å². The molecule has 1 amide bonds. The monoisotopic (exact) mass is 351 g/mol. The Balaban J connectivity index is 1.59. The summed E-state index contributed by atoms with van der Waals surface area (Å²) >= 11 is 0. The second-order valence-corrected chi connectivity index (χ2v) is 5.76. The molecule has 1 N–H and O–H groups in total. The number of hydrogen-bond acceptors (Lipinski definition) is 4. The number of furan rings is 1. The molecule has 5 nitrogen and oxygen atoms in total. The molecule has 1 fully saturated rings. The number of aromatic nitrogens is 2. The molecule has 8 heteroatoms. The van der Waals surface area contributed by atoms with Crippen molar-refractivity contribution in [1.82, 2.24) is 15.3 Å². The molecule has 0 aliphatic heterocycles. The number of nitrogens with one attached hydrogen (secondary N) is 1. The molecule has 0 atom stereocenters. The molecule has 0 unspecified atom stereocenters. The van der Waals surface area contributed by atoms with Crippen LogP contribution in [0.25, 0.3) is 6.08 Å². The molecule has 132 valence electrons. The van der Waals surface area contributed by atoms with Crippen molar-refractivity contribution in [3.05, 3.63) is 53.5 Å². The van der Waals surface area contributed by atoms with Gasteiger partial charge in [-0.05, 0) is 37.1 Å². The Morgan fingerprint density at radius 3 is 2.80 bits per heavy atom. The molecule has 0 radical (unpaired) electrons. The lowest BCUT2D eigenvalue weighted by molar-refractivity contribution is -0.141. The second kappa shape index (κ2) is 7.08. The van der Waals surface area contributed by atoms with E-state index in [0.717, 1.165) is 18.9 Å². The van der Waals surface area contributed by atoms with Crippen LogP contribution in [0.4, 0.5) is 13.2 Å². The Hall–Kier alpha value is -2.64. The first-order chi connectivity index (χ1) is 11.9. The molecular weight excluding hydrogens is 335 g/mol. The van der Waals surface area contributed by atoms with Gasteiger partial charge in [0.2, 0.25) is 5.91 Å². The van der Waals surface area contributed by atoms with E-state index in [1.807, 2.05) is 0 Å². The third-order valence-corrected chi connectivity index (χ3v) is 3.67. The third kappa shape index (κ3) is 4.91. The minimum Gasteiger partial charge on any atom is -0.465 e. The molecule has 0 spiro atoms. The van der Waals surface area contributed by atoms with Gasteiger partial charge in [0.1, 0.15) is 17.3 Å². The first-order valence-electron chi connectivity index (χ1n) is 7.86. The van der Waals surface area contributed by atoms with Gasteiger partial charge >= 0.3 is 6.18 Å². The average molecular weight is 351 g/mol. The van der Waals surface area contributed by atoms with Crippen molar-refractivity contribution in [2.24, 2.45) is 0 Å². The van der Waals surface area contributed by atoms with Gasteiger partial charge in [-0.3, -0.25) is 4.79 Å². The molecule has 2 aromatic heterocycles. The van der Waals surface area contributed by atoms with Crippen LogP contribution < -0.4 is 5.32 Å². The molecule has 0 bridgehead atoms. The summed E-state index contributed by atoms with van der Waals surface area (Å²) in [4.78, 5) is 19.5. The summed E-state index contributed by atoms with van der Waals surface area (Å²) < 4.78 is 43.9. The van der Waals surface area contributed by atoms with E-state index in [1.165, 1.54) is 18.4 Å². The lowest BCUT2D eigenvalue weighted by Gasteiger charge is -2.10. The maximum atomic E-state index is 12.9. The molecule has 1 saturated carbocycles. The number of hydrogen-bond donors (Lipinski definition) is 1. The maximum absolute atomic E-state index is 12.9. The van der Waals surface area contributed by atoms with E-state index in [9.17, 15) is 18.0 Å². The van der Waals surface area contributed by atoms with Crippen molar-refractivity contribution in [1.29, 1.82) is 0 Å². The van der Waals surface area contributed by atoms with E-state index in [-0.39, 0.29) is 30.6 Å². The molecule has 1 aliphatic carbocycles. The zero-order valence-corrected chi connectivity index (χ0v) is 13.2. The van der Waals surface area contributed by atoms with Crippen molar-refractivity contribution >= 4 is 12.0 Å². The van der Waals surface area contributed by atoms with Crippen LogP contribution in [0.1, 0.15) is 41.7 Å². The molecular formula is C17H16F3N3O2. The van der Waals surface area contributed by atoms with Crippen molar-refractivity contribution in [3.63, 3.8) is 0 Å². The Morgan fingerprint density at radius 2 is 2.16 bits per heavy atom. The SMILES string of the molecule is O=C(C=Cc1ccco1)NCCc1nc(C2CC2)cc(C(F)(F)F)n1. The third-order valence-electron chi connectivity index (χ3n) is 3.67. The maximum Gasteiger partial charge on any atom is 0.433 e. The standard InChI is InChI=1S/C17H16F3N3O2/c18-17(19,20)14-10-13(11-3-4-11)22-15(23-14)7-8-21-16(24)6-5-12-2-1-9-25-12/h1-2,5-6,9-11H,3-4,7-8H2,(H,21,24). The Bertz CT molecular complexity index is 766. The van der Waals surface area contributed by atoms with Gasteiger partial charge in [0.05, 0.1) is 6.26 Å². The number of amides is 1. The molecule has 25 heavy (non-hydrogen) atoms. The molecule has 0 aromatic carbocycles. The summed E-state index contributed by atoms with van der Waals surface area (Å²) in [5, 5.41) is 2.59. The van der Waals surface area contributed by atoms with Crippen molar-refractivity contribution < 1.29 is 22.4 Å². The van der Waals surface area contributed by atoms with Gasteiger partial charge < -0.3 is 9.73 Å². The summed E-state index contributed by atoms with van der Waals surface area (Å²) in [5.74, 6) is 0.344. The highest BCUT2D eigenvalue weighted by Gasteiger charge is 2.35. The summed E-state index contributed by atoms with van der Waals surface area (Å²) in [5.41, 5.74) is -0.496. The van der Waals surface area contributed by atoms with Gasteiger partial charge in [-0.2, -0.15) is 13.2 Å². The van der Waals surface area contributed by atoms with Gasteiger partial charge in [-0.15, -0.1) is 0 Å². The molecule has 2 heterocycles. The summed E-state index contributed by atoms with van der Waals surface area (Å²) in [6, 6.07) is 4.41.